The Kier molecular flexibility index (Phi) is 8.17. The summed E-state index contributed by atoms with van der Waals surface area (Å²) in [4.78, 5) is 25.0. The van der Waals surface area contributed by atoms with Crippen molar-refractivity contribution in [3.05, 3.63) is 132 Å². The molecule has 0 aliphatic heterocycles. The van der Waals surface area contributed by atoms with Gasteiger partial charge in [-0.3, -0.25) is 9.59 Å². The van der Waals surface area contributed by atoms with E-state index in [4.69, 9.17) is 4.74 Å². The van der Waals surface area contributed by atoms with Crippen LogP contribution in [0.5, 0.6) is 5.75 Å². The van der Waals surface area contributed by atoms with Crippen LogP contribution in [0, 0.1) is 5.82 Å². The van der Waals surface area contributed by atoms with E-state index in [9.17, 15) is 14.0 Å². The lowest BCUT2D eigenvalue weighted by molar-refractivity contribution is -0.121. The fourth-order valence-electron chi connectivity index (χ4n) is 3.55. The maximum atomic E-state index is 13.0. The summed E-state index contributed by atoms with van der Waals surface area (Å²) in [6, 6.07) is 31.5. The number of rotatable bonds is 9. The van der Waals surface area contributed by atoms with Gasteiger partial charge in [-0.15, -0.1) is 0 Å². The number of carbonyl (C=O) groups is 2. The summed E-state index contributed by atoms with van der Waals surface area (Å²) in [5, 5.41) is 6.74. The highest BCUT2D eigenvalue weighted by molar-refractivity contribution is 5.92. The normalized spacial score (nSPS) is 10.8. The zero-order chi connectivity index (χ0) is 25.2. The van der Waals surface area contributed by atoms with E-state index >= 15 is 0 Å². The Labute approximate surface area is 208 Å². The second-order valence-electron chi connectivity index (χ2n) is 7.90. The minimum absolute atomic E-state index is 0.193. The average molecular weight is 482 g/mol. The lowest BCUT2D eigenvalue weighted by atomic mass is 9.91. The molecule has 7 heteroatoms. The van der Waals surface area contributed by atoms with Gasteiger partial charge in [0, 0.05) is 5.69 Å². The first-order chi connectivity index (χ1) is 17.6. The van der Waals surface area contributed by atoms with Gasteiger partial charge in [0.1, 0.15) is 11.6 Å². The van der Waals surface area contributed by atoms with E-state index in [0.29, 0.717) is 11.4 Å². The van der Waals surface area contributed by atoms with E-state index in [-0.39, 0.29) is 24.2 Å². The zero-order valence-corrected chi connectivity index (χ0v) is 19.3. The lowest BCUT2D eigenvalue weighted by Gasteiger charge is -2.16. The molecule has 4 rings (SSSR count). The summed E-state index contributed by atoms with van der Waals surface area (Å²) < 4.78 is 18.4. The molecule has 4 aromatic rings. The number of amides is 2. The van der Waals surface area contributed by atoms with Crippen LogP contribution in [0.4, 0.5) is 10.1 Å². The monoisotopic (exact) mass is 481 g/mol. The molecule has 0 heterocycles. The van der Waals surface area contributed by atoms with Crippen LogP contribution in [0.25, 0.3) is 0 Å². The highest BCUT2D eigenvalue weighted by Crippen LogP contribution is 2.24. The molecule has 0 bridgehead atoms. The van der Waals surface area contributed by atoms with Gasteiger partial charge in [0.05, 0.1) is 12.1 Å². The maximum Gasteiger partial charge on any atom is 0.262 e. The summed E-state index contributed by atoms with van der Waals surface area (Å²) in [6.07, 6.45) is 1.54. The number of ether oxygens (including phenoxy) is 1. The van der Waals surface area contributed by atoms with Crippen LogP contribution in [0.1, 0.15) is 22.6 Å². The van der Waals surface area contributed by atoms with Crippen molar-refractivity contribution in [1.29, 1.82) is 0 Å². The van der Waals surface area contributed by atoms with E-state index in [1.165, 1.54) is 30.5 Å². The van der Waals surface area contributed by atoms with E-state index in [1.54, 1.807) is 24.3 Å². The number of hydrogen-bond donors (Lipinski definition) is 2. The third-order valence-electron chi connectivity index (χ3n) is 5.29. The molecule has 180 valence electrons. The quantitative estimate of drug-likeness (QED) is 0.257. The average Bonchev–Trinajstić information content (AvgIpc) is 2.91. The number of nitrogens with one attached hydrogen (secondary N) is 2. The molecule has 6 nitrogen and oxygen atoms in total. The van der Waals surface area contributed by atoms with Crippen LogP contribution in [-0.2, 0) is 9.59 Å². The van der Waals surface area contributed by atoms with Crippen LogP contribution < -0.4 is 15.5 Å². The molecule has 0 radical (unpaired) electrons. The third kappa shape index (κ3) is 6.87. The number of nitrogens with zero attached hydrogens (tertiary/aromatic N) is 1. The van der Waals surface area contributed by atoms with Gasteiger partial charge < -0.3 is 10.1 Å². The fraction of sp³-hybridized carbons (Fsp3) is 0.0690. The van der Waals surface area contributed by atoms with Gasteiger partial charge in [0.2, 0.25) is 0 Å². The first-order valence-corrected chi connectivity index (χ1v) is 11.3. The summed E-state index contributed by atoms with van der Waals surface area (Å²) in [6.45, 7) is -0.193. The Morgan fingerprint density at radius 2 is 1.39 bits per heavy atom. The Balaban J connectivity index is 1.31. The Hall–Kier alpha value is -4.78. The van der Waals surface area contributed by atoms with Gasteiger partial charge in [-0.1, -0.05) is 60.7 Å². The predicted molar refractivity (Wildman–Crippen MR) is 137 cm³/mol. The van der Waals surface area contributed by atoms with Crippen molar-refractivity contribution < 1.29 is 18.7 Å². The molecule has 0 unspecified atom stereocenters. The SMILES string of the molecule is O=C(COc1ccc(/C=N/NC(=O)C(c2ccccc2)c2ccccc2)cc1)Nc1ccc(F)cc1. The van der Waals surface area contributed by atoms with Gasteiger partial charge in [0.15, 0.2) is 6.61 Å². The Bertz CT molecular complexity index is 1270. The van der Waals surface area contributed by atoms with Gasteiger partial charge in [-0.05, 0) is 65.2 Å². The van der Waals surface area contributed by atoms with Crippen molar-refractivity contribution in [2.24, 2.45) is 5.10 Å². The smallest absolute Gasteiger partial charge is 0.262 e. The fourth-order valence-corrected chi connectivity index (χ4v) is 3.55. The van der Waals surface area contributed by atoms with E-state index in [0.717, 1.165) is 16.7 Å². The second-order valence-corrected chi connectivity index (χ2v) is 7.90. The molecule has 0 aromatic heterocycles. The summed E-state index contributed by atoms with van der Waals surface area (Å²) >= 11 is 0. The van der Waals surface area contributed by atoms with E-state index in [2.05, 4.69) is 15.8 Å². The standard InChI is InChI=1S/C29H24FN3O3/c30-24-13-15-25(16-14-24)32-27(34)20-36-26-17-11-21(12-18-26)19-31-33-29(35)28(22-7-3-1-4-8-22)23-9-5-2-6-10-23/h1-19,28H,20H2,(H,32,34)(H,33,35)/b31-19+. The molecule has 0 spiro atoms. The number of hydrazone groups is 1. The van der Waals surface area contributed by atoms with Crippen molar-refractivity contribution >= 4 is 23.7 Å². The van der Waals surface area contributed by atoms with Gasteiger partial charge in [0.25, 0.3) is 11.8 Å². The summed E-state index contributed by atoms with van der Waals surface area (Å²) in [5.41, 5.74) is 5.62. The number of benzene rings is 4. The van der Waals surface area contributed by atoms with Crippen molar-refractivity contribution in [3.63, 3.8) is 0 Å². The van der Waals surface area contributed by atoms with Crippen LogP contribution in [-0.4, -0.2) is 24.6 Å². The van der Waals surface area contributed by atoms with Crippen LogP contribution in [0.2, 0.25) is 0 Å². The van der Waals surface area contributed by atoms with Crippen LogP contribution in [0.3, 0.4) is 0 Å². The van der Waals surface area contributed by atoms with Crippen LogP contribution >= 0.6 is 0 Å². The van der Waals surface area contributed by atoms with Crippen molar-refractivity contribution in [3.8, 4) is 5.75 Å². The molecule has 0 aliphatic rings. The molecule has 0 saturated heterocycles. The predicted octanol–water partition coefficient (Wildman–Crippen LogP) is 5.13. The second kappa shape index (κ2) is 12.1. The first kappa shape index (κ1) is 24.3. The number of anilines is 1. The Morgan fingerprint density at radius 3 is 1.97 bits per heavy atom. The van der Waals surface area contributed by atoms with Crippen LogP contribution in [0.15, 0.2) is 114 Å². The molecule has 4 aromatic carbocycles. The van der Waals surface area contributed by atoms with E-state index < -0.39 is 5.92 Å². The highest BCUT2D eigenvalue weighted by atomic mass is 19.1. The topological polar surface area (TPSA) is 79.8 Å². The molecule has 2 N–H and O–H groups in total. The van der Waals surface area contributed by atoms with Crippen molar-refractivity contribution in [2.45, 2.75) is 5.92 Å². The zero-order valence-electron chi connectivity index (χ0n) is 19.3. The minimum Gasteiger partial charge on any atom is -0.484 e. The third-order valence-corrected chi connectivity index (χ3v) is 5.29. The summed E-state index contributed by atoms with van der Waals surface area (Å²) in [5.74, 6) is -0.961. The number of halogens is 1. The first-order valence-electron chi connectivity index (χ1n) is 11.3. The largest absolute Gasteiger partial charge is 0.484 e. The van der Waals surface area contributed by atoms with Crippen molar-refractivity contribution in [1.82, 2.24) is 5.43 Å². The molecule has 0 fully saturated rings. The van der Waals surface area contributed by atoms with Gasteiger partial charge in [-0.25, -0.2) is 9.82 Å². The van der Waals surface area contributed by atoms with E-state index in [1.807, 2.05) is 60.7 Å². The molecular weight excluding hydrogens is 457 g/mol. The number of carbonyl (C=O) groups excluding carboxylic acids is 2. The van der Waals surface area contributed by atoms with Crippen molar-refractivity contribution in [2.75, 3.05) is 11.9 Å². The molecule has 36 heavy (non-hydrogen) atoms. The Morgan fingerprint density at radius 1 is 0.806 bits per heavy atom. The molecule has 0 saturated carbocycles. The molecular formula is C29H24FN3O3. The van der Waals surface area contributed by atoms with Gasteiger partial charge in [-0.2, -0.15) is 5.10 Å². The number of hydrogen-bond acceptors (Lipinski definition) is 4. The highest BCUT2D eigenvalue weighted by Gasteiger charge is 2.22. The lowest BCUT2D eigenvalue weighted by Crippen LogP contribution is -2.26. The molecule has 0 aliphatic carbocycles. The van der Waals surface area contributed by atoms with Gasteiger partial charge >= 0.3 is 0 Å². The molecule has 2 amide bonds. The maximum absolute atomic E-state index is 13.0. The minimum atomic E-state index is -0.485. The summed E-state index contributed by atoms with van der Waals surface area (Å²) in [7, 11) is 0. The molecule has 0 atom stereocenters.